The fraction of sp³-hybridized carbons (Fsp3) is 0.250. The summed E-state index contributed by atoms with van der Waals surface area (Å²) in [4.78, 5) is 20.2. The Labute approximate surface area is 130 Å². The minimum atomic E-state index is -0.314. The molecule has 112 valence electrons. The van der Waals surface area contributed by atoms with E-state index >= 15 is 0 Å². The quantitative estimate of drug-likeness (QED) is 0.887. The molecule has 2 aromatic rings. The molecular weight excluding hydrogens is 317 g/mol. The van der Waals surface area contributed by atoms with Crippen molar-refractivity contribution in [2.45, 2.75) is 0 Å². The van der Waals surface area contributed by atoms with Gasteiger partial charge in [-0.15, -0.1) is 12.4 Å². The number of hydrazone groups is 1. The highest BCUT2D eigenvalue weighted by molar-refractivity contribution is 8.14. The van der Waals surface area contributed by atoms with Gasteiger partial charge in [-0.1, -0.05) is 11.8 Å². The van der Waals surface area contributed by atoms with Crippen LogP contribution in [0.3, 0.4) is 0 Å². The molecule has 2 N–H and O–H groups in total. The minimum Gasteiger partial charge on any atom is -0.375 e. The van der Waals surface area contributed by atoms with Crippen LogP contribution >= 0.6 is 24.2 Å². The van der Waals surface area contributed by atoms with E-state index in [9.17, 15) is 9.18 Å². The van der Waals surface area contributed by atoms with Gasteiger partial charge in [-0.3, -0.25) is 4.79 Å². The third-order valence-corrected chi connectivity index (χ3v) is 3.70. The topological polar surface area (TPSA) is 73.4 Å². The van der Waals surface area contributed by atoms with Gasteiger partial charge in [0.1, 0.15) is 11.5 Å². The molecule has 0 radical (unpaired) electrons. The van der Waals surface area contributed by atoms with Gasteiger partial charge in [0.15, 0.2) is 5.82 Å². The molecule has 0 aliphatic carbocycles. The first-order chi connectivity index (χ1) is 9.54. The van der Waals surface area contributed by atoms with E-state index < -0.39 is 0 Å². The van der Waals surface area contributed by atoms with E-state index in [2.05, 4.69) is 20.5 Å². The van der Waals surface area contributed by atoms with Gasteiger partial charge < -0.3 is 9.88 Å². The summed E-state index contributed by atoms with van der Waals surface area (Å²) in [7, 11) is 3.55. The van der Waals surface area contributed by atoms with Gasteiger partial charge in [0.2, 0.25) is 0 Å². The zero-order valence-corrected chi connectivity index (χ0v) is 12.9. The van der Waals surface area contributed by atoms with Gasteiger partial charge in [-0.2, -0.15) is 5.10 Å². The third-order valence-electron chi connectivity index (χ3n) is 2.93. The van der Waals surface area contributed by atoms with E-state index in [1.165, 1.54) is 6.07 Å². The van der Waals surface area contributed by atoms with Crippen molar-refractivity contribution in [2.24, 2.45) is 5.10 Å². The molecule has 3 rings (SSSR count). The lowest BCUT2D eigenvalue weighted by molar-refractivity contribution is 0.261. The highest BCUT2D eigenvalue weighted by Crippen LogP contribution is 2.24. The lowest BCUT2D eigenvalue weighted by Gasteiger charge is -2.12. The van der Waals surface area contributed by atoms with Crippen LogP contribution in [0.1, 0.15) is 5.82 Å². The van der Waals surface area contributed by atoms with E-state index in [0.717, 1.165) is 11.8 Å². The summed E-state index contributed by atoms with van der Waals surface area (Å²) >= 11 is 1.12. The van der Waals surface area contributed by atoms with Gasteiger partial charge in [-0.25, -0.2) is 14.8 Å². The number of aromatic amines is 1. The largest absolute Gasteiger partial charge is 0.375 e. The zero-order valence-electron chi connectivity index (χ0n) is 11.3. The number of carbonyl (C=O) groups excluding carboxylic acids is 1. The smallest absolute Gasteiger partial charge is 0.299 e. The van der Waals surface area contributed by atoms with Gasteiger partial charge in [0, 0.05) is 20.2 Å². The van der Waals surface area contributed by atoms with Crippen molar-refractivity contribution < 1.29 is 9.18 Å². The molecule has 1 amide bonds. The molecule has 0 bridgehead atoms. The van der Waals surface area contributed by atoms with Crippen molar-refractivity contribution in [3.05, 3.63) is 23.8 Å². The summed E-state index contributed by atoms with van der Waals surface area (Å²) < 4.78 is 13.9. The molecule has 2 heterocycles. The predicted octanol–water partition coefficient (Wildman–Crippen LogP) is 2.35. The standard InChI is InChI=1S/C12H12FN5OS.ClH/c1-18(2)10-4-8-7(3-6(10)13)14-11(15-8)9-5-20-12(19)17-16-9;/h3-4H,5H2,1-2H3,(H,14,15)(H,17,19);1H. The molecule has 0 saturated carbocycles. The van der Waals surface area contributed by atoms with E-state index in [4.69, 9.17) is 0 Å². The van der Waals surface area contributed by atoms with Crippen LogP contribution in [0.5, 0.6) is 0 Å². The lowest BCUT2D eigenvalue weighted by atomic mass is 10.2. The number of hydrogen-bond donors (Lipinski definition) is 2. The summed E-state index contributed by atoms with van der Waals surface area (Å²) in [5.74, 6) is 0.670. The van der Waals surface area contributed by atoms with Crippen LogP contribution < -0.4 is 10.3 Å². The van der Waals surface area contributed by atoms with Crippen LogP contribution in [0.2, 0.25) is 0 Å². The van der Waals surface area contributed by atoms with Crippen molar-refractivity contribution in [1.82, 2.24) is 15.4 Å². The Hall–Kier alpha value is -1.80. The van der Waals surface area contributed by atoms with E-state index in [1.54, 1.807) is 25.1 Å². The molecule has 21 heavy (non-hydrogen) atoms. The second kappa shape index (κ2) is 5.90. The summed E-state index contributed by atoms with van der Waals surface area (Å²) in [5, 5.41) is 3.77. The number of hydrogen-bond acceptors (Lipinski definition) is 5. The molecule has 0 saturated heterocycles. The highest BCUT2D eigenvalue weighted by atomic mass is 35.5. The number of rotatable bonds is 2. The Kier molecular flexibility index (Phi) is 4.38. The predicted molar refractivity (Wildman–Crippen MR) is 85.2 cm³/mol. The Balaban J connectivity index is 0.00000161. The molecule has 1 aliphatic rings. The minimum absolute atomic E-state index is 0. The maximum absolute atomic E-state index is 13.9. The third kappa shape index (κ3) is 2.96. The average molecular weight is 330 g/mol. The first-order valence-electron chi connectivity index (χ1n) is 5.91. The molecule has 0 fully saturated rings. The molecule has 0 spiro atoms. The summed E-state index contributed by atoms with van der Waals surface area (Å²) in [6.07, 6.45) is 0. The molecule has 0 atom stereocenters. The second-order valence-electron chi connectivity index (χ2n) is 4.55. The number of H-pyrrole nitrogens is 1. The Morgan fingerprint density at radius 3 is 2.76 bits per heavy atom. The SMILES string of the molecule is CN(C)c1cc2nc(C3=NNC(=O)SC3)[nH]c2cc1F.Cl. The van der Waals surface area contributed by atoms with Crippen molar-refractivity contribution in [2.75, 3.05) is 24.7 Å². The van der Waals surface area contributed by atoms with Crippen LogP contribution in [0.15, 0.2) is 17.2 Å². The normalized spacial score (nSPS) is 14.4. The number of anilines is 1. The van der Waals surface area contributed by atoms with Crippen molar-refractivity contribution in [3.8, 4) is 0 Å². The number of carbonyl (C=O) groups is 1. The number of fused-ring (bicyclic) bond motifs is 1. The van der Waals surface area contributed by atoms with Crippen LogP contribution in [0, 0.1) is 5.82 Å². The average Bonchev–Trinajstić information content (AvgIpc) is 2.81. The number of halogens is 2. The maximum Gasteiger partial charge on any atom is 0.299 e. The molecule has 1 aromatic heterocycles. The zero-order chi connectivity index (χ0) is 14.3. The molecular formula is C12H13ClFN5OS. The molecule has 9 heteroatoms. The van der Waals surface area contributed by atoms with E-state index in [-0.39, 0.29) is 23.5 Å². The van der Waals surface area contributed by atoms with Crippen molar-refractivity contribution in [3.63, 3.8) is 0 Å². The van der Waals surface area contributed by atoms with E-state index in [0.29, 0.717) is 34.0 Å². The summed E-state index contributed by atoms with van der Waals surface area (Å²) in [6, 6.07) is 3.09. The fourth-order valence-electron chi connectivity index (χ4n) is 1.93. The number of nitrogens with one attached hydrogen (secondary N) is 2. The van der Waals surface area contributed by atoms with Crippen molar-refractivity contribution >= 4 is 51.8 Å². The molecule has 1 aromatic carbocycles. The molecule has 1 aliphatic heterocycles. The van der Waals surface area contributed by atoms with Crippen LogP contribution in [-0.2, 0) is 0 Å². The highest BCUT2D eigenvalue weighted by Gasteiger charge is 2.18. The Bertz CT molecular complexity index is 730. The van der Waals surface area contributed by atoms with Gasteiger partial charge in [0.25, 0.3) is 5.24 Å². The van der Waals surface area contributed by atoms with Gasteiger partial charge in [0.05, 0.1) is 22.5 Å². The van der Waals surface area contributed by atoms with Gasteiger partial charge >= 0.3 is 0 Å². The van der Waals surface area contributed by atoms with E-state index in [1.807, 2.05) is 0 Å². The number of amides is 1. The summed E-state index contributed by atoms with van der Waals surface area (Å²) in [5.41, 5.74) is 4.76. The Morgan fingerprint density at radius 1 is 1.38 bits per heavy atom. The maximum atomic E-state index is 13.9. The first kappa shape index (κ1) is 15.6. The monoisotopic (exact) mass is 329 g/mol. The van der Waals surface area contributed by atoms with Crippen molar-refractivity contribution in [1.29, 1.82) is 0 Å². The second-order valence-corrected chi connectivity index (χ2v) is 5.50. The number of nitrogens with zero attached hydrogens (tertiary/aromatic N) is 3. The number of thioether (sulfide) groups is 1. The van der Waals surface area contributed by atoms with Gasteiger partial charge in [-0.05, 0) is 6.07 Å². The lowest BCUT2D eigenvalue weighted by Crippen LogP contribution is -2.24. The van der Waals surface area contributed by atoms with Crippen LogP contribution in [0.25, 0.3) is 11.0 Å². The van der Waals surface area contributed by atoms with Crippen LogP contribution in [-0.4, -0.2) is 40.8 Å². The Morgan fingerprint density at radius 2 is 2.14 bits per heavy atom. The molecule has 6 nitrogen and oxygen atoms in total. The first-order valence-corrected chi connectivity index (χ1v) is 6.89. The van der Waals surface area contributed by atoms with Crippen LogP contribution in [0.4, 0.5) is 14.9 Å². The molecule has 0 unspecified atom stereocenters. The number of imidazole rings is 1. The summed E-state index contributed by atoms with van der Waals surface area (Å²) in [6.45, 7) is 0. The number of aromatic nitrogens is 2. The number of benzene rings is 1. The fourth-order valence-corrected chi connectivity index (χ4v) is 2.51.